The summed E-state index contributed by atoms with van der Waals surface area (Å²) in [5.41, 5.74) is -0.249. The van der Waals surface area contributed by atoms with E-state index in [1.165, 1.54) is 17.2 Å². The molecule has 1 saturated heterocycles. The van der Waals surface area contributed by atoms with Crippen LogP contribution in [0.4, 0.5) is 35.2 Å². The van der Waals surface area contributed by atoms with E-state index in [1.54, 1.807) is 4.68 Å². The lowest BCUT2D eigenvalue weighted by Crippen LogP contribution is -2.43. The summed E-state index contributed by atoms with van der Waals surface area (Å²) in [7, 11) is 4.12. The van der Waals surface area contributed by atoms with Gasteiger partial charge in [-0.1, -0.05) is 35.0 Å². The van der Waals surface area contributed by atoms with Gasteiger partial charge in [0.25, 0.3) is 0 Å². The minimum Gasteiger partial charge on any atom is -0.424 e. The number of alkyl halides is 3. The van der Waals surface area contributed by atoms with Crippen LogP contribution in [-0.2, 0) is 11.0 Å². The Morgan fingerprint density at radius 3 is 2.54 bits per heavy atom. The van der Waals surface area contributed by atoms with Crippen molar-refractivity contribution in [2.75, 3.05) is 37.4 Å². The third kappa shape index (κ3) is 6.87. The van der Waals surface area contributed by atoms with Crippen LogP contribution in [0.3, 0.4) is 0 Å². The van der Waals surface area contributed by atoms with E-state index in [9.17, 15) is 22.8 Å². The van der Waals surface area contributed by atoms with E-state index in [0.717, 1.165) is 49.9 Å². The summed E-state index contributed by atoms with van der Waals surface area (Å²) in [5, 5.41) is 10.2. The van der Waals surface area contributed by atoms with Crippen LogP contribution in [0.25, 0.3) is 5.32 Å². The number of hydrogen-bond acceptors (Lipinski definition) is 5. The second kappa shape index (κ2) is 11.9. The Morgan fingerprint density at radius 2 is 1.85 bits per heavy atom. The quantitative estimate of drug-likeness (QED) is 0.350. The van der Waals surface area contributed by atoms with Gasteiger partial charge in [-0.25, -0.2) is 0 Å². The zero-order valence-electron chi connectivity index (χ0n) is 23.0. The van der Waals surface area contributed by atoms with Gasteiger partial charge in [-0.05, 0) is 68.7 Å². The molecule has 2 fully saturated rings. The summed E-state index contributed by atoms with van der Waals surface area (Å²) >= 11 is 0. The Balaban J connectivity index is 1.26. The van der Waals surface area contributed by atoms with Crippen LogP contribution in [0.15, 0.2) is 59.3 Å². The van der Waals surface area contributed by atoms with Crippen LogP contribution < -0.4 is 14.9 Å². The largest absolute Gasteiger partial charge is 0.424 e. The molecule has 41 heavy (non-hydrogen) atoms. The Bertz CT molecular complexity index is 1370. The molecule has 2 aromatic carbocycles. The third-order valence-corrected chi connectivity index (χ3v) is 7.71. The molecular formula is C29H33F3N6O3. The van der Waals surface area contributed by atoms with Gasteiger partial charge in [-0.2, -0.15) is 13.2 Å². The van der Waals surface area contributed by atoms with E-state index >= 15 is 0 Å². The summed E-state index contributed by atoms with van der Waals surface area (Å²) in [4.78, 5) is 29.3. The molecule has 3 amide bonds. The number of carbonyl (C=O) groups is 2. The predicted molar refractivity (Wildman–Crippen MR) is 146 cm³/mol. The number of nitrogens with zero attached hydrogens (tertiary/aromatic N) is 5. The highest BCUT2D eigenvalue weighted by atomic mass is 19.4. The summed E-state index contributed by atoms with van der Waals surface area (Å²) in [5.74, 6) is -0.161. The molecule has 1 N–H and O–H groups in total. The number of aromatic nitrogens is 2. The van der Waals surface area contributed by atoms with Crippen LogP contribution in [0.1, 0.15) is 55.2 Å². The fraction of sp³-hybridized carbons (Fsp3) is 0.448. The van der Waals surface area contributed by atoms with Gasteiger partial charge in [-0.3, -0.25) is 9.59 Å². The molecule has 1 aliphatic heterocycles. The molecule has 1 unspecified atom stereocenters. The number of benzene rings is 2. The summed E-state index contributed by atoms with van der Waals surface area (Å²) in [6.07, 6.45) is 1.28. The van der Waals surface area contributed by atoms with Gasteiger partial charge < -0.3 is 25.0 Å². The van der Waals surface area contributed by atoms with Gasteiger partial charge in [0.1, 0.15) is 0 Å². The lowest BCUT2D eigenvalue weighted by atomic mass is 9.86. The average molecular weight is 571 g/mol. The highest BCUT2D eigenvalue weighted by Gasteiger charge is 2.36. The van der Waals surface area contributed by atoms with Gasteiger partial charge in [-0.15, -0.1) is 0 Å². The van der Waals surface area contributed by atoms with Crippen molar-refractivity contribution in [3.63, 3.8) is 0 Å². The predicted octanol–water partition coefficient (Wildman–Crippen LogP) is 6.03. The van der Waals surface area contributed by atoms with Crippen LogP contribution in [-0.4, -0.2) is 49.3 Å². The Kier molecular flexibility index (Phi) is 8.30. The molecule has 9 nitrogen and oxygen atoms in total. The van der Waals surface area contributed by atoms with Gasteiger partial charge in [0.2, 0.25) is 18.0 Å². The Labute approximate surface area is 236 Å². The number of rotatable bonds is 7. The zero-order valence-corrected chi connectivity index (χ0v) is 23.0. The molecule has 1 aliphatic carbocycles. The summed E-state index contributed by atoms with van der Waals surface area (Å²) in [6.45, 7) is 1.29. The molecule has 218 valence electrons. The highest BCUT2D eigenvalue weighted by Crippen LogP contribution is 2.38. The average Bonchev–Trinajstić information content (AvgIpc) is 3.55. The van der Waals surface area contributed by atoms with Gasteiger partial charge >= 0.3 is 6.18 Å². The molecule has 0 spiro atoms. The van der Waals surface area contributed by atoms with Crippen LogP contribution >= 0.6 is 0 Å². The Hall–Kier alpha value is -3.93. The van der Waals surface area contributed by atoms with Crippen molar-refractivity contribution in [2.24, 2.45) is 5.92 Å². The first-order chi connectivity index (χ1) is 19.6. The monoisotopic (exact) mass is 570 g/mol. The number of halogens is 3. The molecule has 0 bridgehead atoms. The molecule has 3 aromatic rings. The molecule has 0 radical (unpaired) electrons. The first-order valence-electron chi connectivity index (χ1n) is 13.7. The minimum absolute atomic E-state index is 0.0504. The number of nitrogens with one attached hydrogen (secondary N) is 1. The maximum atomic E-state index is 13.8. The van der Waals surface area contributed by atoms with Crippen LogP contribution in [0.5, 0.6) is 0 Å². The van der Waals surface area contributed by atoms with Crippen molar-refractivity contribution in [1.29, 1.82) is 0 Å². The van der Waals surface area contributed by atoms with Gasteiger partial charge in [0.15, 0.2) is 17.3 Å². The molecule has 2 aliphatic rings. The van der Waals surface area contributed by atoms with Gasteiger partial charge in [0.05, 0.1) is 11.5 Å². The maximum Gasteiger partial charge on any atom is 0.416 e. The molecule has 2 heterocycles. The second-order valence-corrected chi connectivity index (χ2v) is 11.0. The zero-order chi connectivity index (χ0) is 29.1. The van der Waals surface area contributed by atoms with Gasteiger partial charge in [0, 0.05) is 31.6 Å². The van der Waals surface area contributed by atoms with Crippen molar-refractivity contribution < 1.29 is 32.0 Å². The normalized spacial score (nSPS) is 21.4. The fourth-order valence-corrected chi connectivity index (χ4v) is 5.76. The lowest BCUT2D eigenvalue weighted by Gasteiger charge is -2.26. The van der Waals surface area contributed by atoms with E-state index in [2.05, 4.69) is 34.9 Å². The lowest BCUT2D eigenvalue weighted by molar-refractivity contribution is -0.787. The SMILES string of the molecule is CN(C)CC1CCC([n+]2cc([N-]C(=O)Nc3cc(N4CCC(c5ccccc5)C4=O)cc(C(F)(F)F)c3)on2)CC1. The molecule has 5 rings (SSSR count). The van der Waals surface area contributed by atoms with Crippen molar-refractivity contribution >= 4 is 29.2 Å². The van der Waals surface area contributed by atoms with E-state index in [4.69, 9.17) is 4.52 Å². The molecule has 1 aromatic heterocycles. The molecule has 1 saturated carbocycles. The van der Waals surface area contributed by atoms with Crippen LogP contribution in [0.2, 0.25) is 0 Å². The summed E-state index contributed by atoms with van der Waals surface area (Å²) in [6, 6.07) is 11.4. The van der Waals surface area contributed by atoms with Crippen LogP contribution in [0, 0.1) is 5.92 Å². The van der Waals surface area contributed by atoms with Crippen molar-refractivity contribution in [3.05, 3.63) is 71.2 Å². The van der Waals surface area contributed by atoms with Crippen molar-refractivity contribution in [2.45, 2.75) is 50.2 Å². The Morgan fingerprint density at radius 1 is 1.12 bits per heavy atom. The summed E-state index contributed by atoms with van der Waals surface area (Å²) < 4.78 is 48.1. The number of amides is 3. The first-order valence-corrected chi connectivity index (χ1v) is 13.7. The fourth-order valence-electron chi connectivity index (χ4n) is 5.76. The van der Waals surface area contributed by atoms with E-state index in [1.807, 2.05) is 30.3 Å². The van der Waals surface area contributed by atoms with Crippen molar-refractivity contribution in [3.8, 4) is 0 Å². The first kappa shape index (κ1) is 28.6. The smallest absolute Gasteiger partial charge is 0.416 e. The molecular weight excluding hydrogens is 537 g/mol. The van der Waals surface area contributed by atoms with E-state index in [0.29, 0.717) is 12.3 Å². The molecule has 12 heteroatoms. The number of hydrogen-bond donors (Lipinski definition) is 1. The standard InChI is InChI=1S/C29H33F3N6O3/c1-36(2)17-19-8-10-23(11-9-19)38-18-26(41-35-38)34-28(40)33-22-14-21(29(30,31)32)15-24(16-22)37-13-12-25(27(37)39)20-6-4-3-5-7-20/h3-7,14-16,18-19,23,25H,8-13,17H2,1-2H3,(H-,33,34,35,40). The number of urea groups is 1. The topological polar surface area (TPSA) is 96.7 Å². The second-order valence-electron chi connectivity index (χ2n) is 11.0. The van der Waals surface area contributed by atoms with E-state index < -0.39 is 23.7 Å². The van der Waals surface area contributed by atoms with Crippen molar-refractivity contribution in [1.82, 2.24) is 10.2 Å². The molecule has 1 atom stereocenters. The number of carbonyl (C=O) groups excluding carboxylic acids is 2. The van der Waals surface area contributed by atoms with E-state index in [-0.39, 0.29) is 35.8 Å². The number of anilines is 2. The maximum absolute atomic E-state index is 13.8. The highest BCUT2D eigenvalue weighted by molar-refractivity contribution is 6.04. The third-order valence-electron chi connectivity index (χ3n) is 7.71. The minimum atomic E-state index is -4.68.